The molecule has 1 saturated carbocycles. The summed E-state index contributed by atoms with van der Waals surface area (Å²) in [7, 11) is 0. The molecule has 1 aromatic rings. The minimum atomic E-state index is -0.507. The molecule has 1 fully saturated rings. The summed E-state index contributed by atoms with van der Waals surface area (Å²) in [6.07, 6.45) is 7.98. The predicted molar refractivity (Wildman–Crippen MR) is 73.5 cm³/mol. The topological polar surface area (TPSA) is 38.0 Å². The third-order valence-electron chi connectivity index (χ3n) is 4.32. The van der Waals surface area contributed by atoms with E-state index in [4.69, 9.17) is 0 Å². The molecule has 2 atom stereocenters. The van der Waals surface area contributed by atoms with Crippen LogP contribution in [0.15, 0.2) is 12.3 Å². The highest BCUT2D eigenvalue weighted by molar-refractivity contribution is 5.06. The first-order valence-electron chi connectivity index (χ1n) is 7.32. The average Bonchev–Trinajstić information content (AvgIpc) is 2.89. The molecular weight excluding hydrogens is 224 g/mol. The van der Waals surface area contributed by atoms with Crippen molar-refractivity contribution in [3.05, 3.63) is 18.0 Å². The van der Waals surface area contributed by atoms with E-state index in [0.717, 1.165) is 37.8 Å². The zero-order chi connectivity index (χ0) is 13.2. The molecule has 0 radical (unpaired) electrons. The molecule has 0 bridgehead atoms. The van der Waals surface area contributed by atoms with Gasteiger partial charge in [0.15, 0.2) is 0 Å². The molecule has 2 unspecified atom stereocenters. The Bertz CT molecular complexity index is 384. The first kappa shape index (κ1) is 13.6. The number of aliphatic hydroxyl groups is 1. The molecule has 0 aromatic carbocycles. The van der Waals surface area contributed by atoms with Crippen molar-refractivity contribution in [3.63, 3.8) is 0 Å². The summed E-state index contributed by atoms with van der Waals surface area (Å²) in [5.41, 5.74) is 0.533. The predicted octanol–water partition coefficient (Wildman–Crippen LogP) is 3.34. The lowest BCUT2D eigenvalue weighted by atomic mass is 9.95. The zero-order valence-electron chi connectivity index (χ0n) is 11.9. The van der Waals surface area contributed by atoms with Gasteiger partial charge in [0.2, 0.25) is 0 Å². The lowest BCUT2D eigenvalue weighted by Gasteiger charge is -2.21. The molecule has 2 rings (SSSR count). The van der Waals surface area contributed by atoms with Gasteiger partial charge in [-0.2, -0.15) is 5.10 Å². The van der Waals surface area contributed by atoms with Crippen LogP contribution in [-0.2, 0) is 6.42 Å². The SMILES string of the molecule is CCC(CC)n1ccc(CC2(O)CCC(C)C2)n1. The summed E-state index contributed by atoms with van der Waals surface area (Å²) in [5, 5.41) is 15.2. The van der Waals surface area contributed by atoms with Crippen LogP contribution in [0.5, 0.6) is 0 Å². The molecule has 0 saturated heterocycles. The largest absolute Gasteiger partial charge is 0.389 e. The second-order valence-corrected chi connectivity index (χ2v) is 6.01. The van der Waals surface area contributed by atoms with E-state index in [0.29, 0.717) is 18.4 Å². The van der Waals surface area contributed by atoms with Gasteiger partial charge in [-0.15, -0.1) is 0 Å². The molecule has 0 spiro atoms. The first-order chi connectivity index (χ1) is 8.56. The number of nitrogens with zero attached hydrogens (tertiary/aromatic N) is 2. The Hall–Kier alpha value is -0.830. The van der Waals surface area contributed by atoms with Gasteiger partial charge in [0.25, 0.3) is 0 Å². The normalized spacial score (nSPS) is 28.2. The standard InChI is InChI=1S/C15H26N2O/c1-4-14(5-2)17-9-7-13(16-17)11-15(18)8-6-12(3)10-15/h7,9,12,14,18H,4-6,8,10-11H2,1-3H3. The highest BCUT2D eigenvalue weighted by Gasteiger charge is 2.35. The molecular formula is C15H26N2O. The van der Waals surface area contributed by atoms with E-state index in [1.165, 1.54) is 0 Å². The number of aromatic nitrogens is 2. The van der Waals surface area contributed by atoms with E-state index in [1.807, 2.05) is 0 Å². The summed E-state index contributed by atoms with van der Waals surface area (Å²) in [4.78, 5) is 0. The fourth-order valence-corrected chi connectivity index (χ4v) is 3.20. The Kier molecular flexibility index (Phi) is 4.10. The molecule has 3 nitrogen and oxygen atoms in total. The lowest BCUT2D eigenvalue weighted by molar-refractivity contribution is 0.0434. The molecule has 3 heteroatoms. The highest BCUT2D eigenvalue weighted by atomic mass is 16.3. The van der Waals surface area contributed by atoms with Crippen molar-refractivity contribution in [1.82, 2.24) is 9.78 Å². The van der Waals surface area contributed by atoms with Gasteiger partial charge >= 0.3 is 0 Å². The fourth-order valence-electron chi connectivity index (χ4n) is 3.20. The quantitative estimate of drug-likeness (QED) is 0.870. The highest BCUT2D eigenvalue weighted by Crippen LogP contribution is 2.36. The van der Waals surface area contributed by atoms with E-state index in [-0.39, 0.29) is 0 Å². The minimum Gasteiger partial charge on any atom is -0.389 e. The van der Waals surface area contributed by atoms with E-state index in [1.54, 1.807) is 0 Å². The van der Waals surface area contributed by atoms with Crippen LogP contribution in [0, 0.1) is 5.92 Å². The van der Waals surface area contributed by atoms with E-state index in [9.17, 15) is 5.11 Å². The van der Waals surface area contributed by atoms with Crippen LogP contribution in [0.3, 0.4) is 0 Å². The van der Waals surface area contributed by atoms with Crippen LogP contribution in [-0.4, -0.2) is 20.5 Å². The van der Waals surface area contributed by atoms with Gasteiger partial charge in [0.1, 0.15) is 0 Å². The second-order valence-electron chi connectivity index (χ2n) is 6.01. The van der Waals surface area contributed by atoms with E-state index < -0.39 is 5.60 Å². The maximum atomic E-state index is 10.5. The molecule has 0 aliphatic heterocycles. The third-order valence-corrected chi connectivity index (χ3v) is 4.32. The molecule has 1 aliphatic carbocycles. The molecule has 1 aromatic heterocycles. The lowest BCUT2D eigenvalue weighted by Crippen LogP contribution is -2.28. The Morgan fingerprint density at radius 3 is 2.78 bits per heavy atom. The third kappa shape index (κ3) is 2.94. The summed E-state index contributed by atoms with van der Waals surface area (Å²) in [5.74, 6) is 0.649. The summed E-state index contributed by atoms with van der Waals surface area (Å²) < 4.78 is 2.07. The van der Waals surface area contributed by atoms with Gasteiger partial charge in [0, 0.05) is 12.6 Å². The van der Waals surface area contributed by atoms with E-state index in [2.05, 4.69) is 42.8 Å². The Balaban J connectivity index is 2.02. The van der Waals surface area contributed by atoms with Gasteiger partial charge in [-0.05, 0) is 44.1 Å². The maximum absolute atomic E-state index is 10.5. The fraction of sp³-hybridized carbons (Fsp3) is 0.800. The first-order valence-corrected chi connectivity index (χ1v) is 7.32. The molecule has 1 N–H and O–H groups in total. The van der Waals surface area contributed by atoms with E-state index >= 15 is 0 Å². The van der Waals surface area contributed by atoms with Crippen molar-refractivity contribution < 1.29 is 5.11 Å². The molecule has 0 amide bonds. The van der Waals surface area contributed by atoms with Crippen LogP contribution >= 0.6 is 0 Å². The van der Waals surface area contributed by atoms with Gasteiger partial charge < -0.3 is 5.11 Å². The van der Waals surface area contributed by atoms with Crippen molar-refractivity contribution >= 4 is 0 Å². The summed E-state index contributed by atoms with van der Waals surface area (Å²) >= 11 is 0. The van der Waals surface area contributed by atoms with Crippen molar-refractivity contribution in [2.75, 3.05) is 0 Å². The number of rotatable bonds is 5. The molecule has 1 heterocycles. The summed E-state index contributed by atoms with van der Waals surface area (Å²) in [6.45, 7) is 6.62. The second kappa shape index (κ2) is 5.43. The van der Waals surface area contributed by atoms with Gasteiger partial charge in [-0.1, -0.05) is 20.8 Å². The van der Waals surface area contributed by atoms with Crippen molar-refractivity contribution in [3.8, 4) is 0 Å². The monoisotopic (exact) mass is 250 g/mol. The number of hydrogen-bond donors (Lipinski definition) is 1. The average molecular weight is 250 g/mol. The van der Waals surface area contributed by atoms with Crippen LogP contribution in [0.1, 0.15) is 64.6 Å². The van der Waals surface area contributed by atoms with Crippen LogP contribution in [0.25, 0.3) is 0 Å². The smallest absolute Gasteiger partial charge is 0.0706 e. The van der Waals surface area contributed by atoms with Crippen LogP contribution < -0.4 is 0 Å². The van der Waals surface area contributed by atoms with Crippen molar-refractivity contribution in [1.29, 1.82) is 0 Å². The summed E-state index contributed by atoms with van der Waals surface area (Å²) in [6, 6.07) is 2.56. The Labute approximate surface area is 110 Å². The van der Waals surface area contributed by atoms with Crippen molar-refractivity contribution in [2.24, 2.45) is 5.92 Å². The maximum Gasteiger partial charge on any atom is 0.0706 e. The van der Waals surface area contributed by atoms with Gasteiger partial charge in [-0.3, -0.25) is 4.68 Å². The van der Waals surface area contributed by atoms with Crippen LogP contribution in [0.2, 0.25) is 0 Å². The Morgan fingerprint density at radius 2 is 2.22 bits per heavy atom. The molecule has 18 heavy (non-hydrogen) atoms. The minimum absolute atomic E-state index is 0.496. The van der Waals surface area contributed by atoms with Crippen LogP contribution in [0.4, 0.5) is 0 Å². The Morgan fingerprint density at radius 1 is 1.50 bits per heavy atom. The van der Waals surface area contributed by atoms with Gasteiger partial charge in [0.05, 0.1) is 17.3 Å². The van der Waals surface area contributed by atoms with Crippen molar-refractivity contribution in [2.45, 2.75) is 70.9 Å². The molecule has 102 valence electrons. The zero-order valence-corrected chi connectivity index (χ0v) is 11.9. The molecule has 1 aliphatic rings. The van der Waals surface area contributed by atoms with Gasteiger partial charge in [-0.25, -0.2) is 0 Å². The number of hydrogen-bond acceptors (Lipinski definition) is 2.